The van der Waals surface area contributed by atoms with Crippen LogP contribution in [0.4, 0.5) is 0 Å². The molecule has 5 nitrogen and oxygen atoms in total. The van der Waals surface area contributed by atoms with Crippen molar-refractivity contribution in [1.29, 1.82) is 0 Å². The summed E-state index contributed by atoms with van der Waals surface area (Å²) in [5.74, 6) is -0.221. The number of fused-ring (bicyclic) bond motifs is 1. The molecule has 0 aliphatic carbocycles. The lowest BCUT2D eigenvalue weighted by Gasteiger charge is -2.11. The summed E-state index contributed by atoms with van der Waals surface area (Å²) in [7, 11) is 1.50. The molecular weight excluding hydrogens is 244 g/mol. The van der Waals surface area contributed by atoms with Crippen LogP contribution < -0.4 is 5.32 Å². The van der Waals surface area contributed by atoms with E-state index in [0.717, 1.165) is 10.9 Å². The lowest BCUT2D eigenvalue weighted by molar-refractivity contribution is 0.0610. The SMILES string of the molecule is COCC(O)CNC(=O)c1ccc2ncccc2c1. The molecule has 5 heteroatoms. The minimum absolute atomic E-state index is 0.164. The van der Waals surface area contributed by atoms with Crippen LogP contribution in [0.15, 0.2) is 36.5 Å². The van der Waals surface area contributed by atoms with Gasteiger partial charge in [-0.2, -0.15) is 0 Å². The number of benzene rings is 1. The fourth-order valence-electron chi connectivity index (χ4n) is 1.78. The van der Waals surface area contributed by atoms with E-state index in [1.165, 1.54) is 7.11 Å². The van der Waals surface area contributed by atoms with Crippen LogP contribution in [0.1, 0.15) is 10.4 Å². The van der Waals surface area contributed by atoms with Gasteiger partial charge in [-0.25, -0.2) is 0 Å². The van der Waals surface area contributed by atoms with Crippen LogP contribution in [-0.2, 0) is 4.74 Å². The lowest BCUT2D eigenvalue weighted by Crippen LogP contribution is -2.34. The second kappa shape index (κ2) is 6.26. The highest BCUT2D eigenvalue weighted by atomic mass is 16.5. The Balaban J connectivity index is 2.05. The molecule has 0 saturated heterocycles. The van der Waals surface area contributed by atoms with Crippen LogP contribution >= 0.6 is 0 Å². The second-order valence-corrected chi connectivity index (χ2v) is 4.23. The van der Waals surface area contributed by atoms with Crippen LogP contribution in [0.25, 0.3) is 10.9 Å². The number of amides is 1. The third-order valence-electron chi connectivity index (χ3n) is 2.72. The van der Waals surface area contributed by atoms with Gasteiger partial charge in [-0.3, -0.25) is 9.78 Å². The quantitative estimate of drug-likeness (QED) is 0.840. The van der Waals surface area contributed by atoms with Crippen LogP contribution in [-0.4, -0.2) is 42.4 Å². The Morgan fingerprint density at radius 3 is 3.11 bits per heavy atom. The van der Waals surface area contributed by atoms with Crippen molar-refractivity contribution >= 4 is 16.8 Å². The van der Waals surface area contributed by atoms with Crippen LogP contribution in [0, 0.1) is 0 Å². The lowest BCUT2D eigenvalue weighted by atomic mass is 10.1. The van der Waals surface area contributed by atoms with Gasteiger partial charge in [0.1, 0.15) is 0 Å². The molecule has 100 valence electrons. The second-order valence-electron chi connectivity index (χ2n) is 4.23. The van der Waals surface area contributed by atoms with Crippen LogP contribution in [0.2, 0.25) is 0 Å². The fraction of sp³-hybridized carbons (Fsp3) is 0.286. The van der Waals surface area contributed by atoms with Crippen molar-refractivity contribution in [3.8, 4) is 0 Å². The topological polar surface area (TPSA) is 71.5 Å². The standard InChI is InChI=1S/C14H16N2O3/c1-19-9-12(17)8-16-14(18)11-4-5-13-10(7-11)3-2-6-15-13/h2-7,12,17H,8-9H2,1H3,(H,16,18). The number of carbonyl (C=O) groups excluding carboxylic acids is 1. The number of ether oxygens (including phenoxy) is 1. The van der Waals surface area contributed by atoms with E-state index in [1.807, 2.05) is 12.1 Å². The van der Waals surface area contributed by atoms with E-state index in [1.54, 1.807) is 24.4 Å². The molecule has 2 N–H and O–H groups in total. The molecule has 1 atom stereocenters. The highest BCUT2D eigenvalue weighted by Gasteiger charge is 2.09. The number of aliphatic hydroxyl groups is 1. The van der Waals surface area contributed by atoms with E-state index in [-0.39, 0.29) is 19.1 Å². The molecule has 1 heterocycles. The van der Waals surface area contributed by atoms with Crippen molar-refractivity contribution in [3.05, 3.63) is 42.1 Å². The minimum atomic E-state index is -0.698. The number of hydrogen-bond acceptors (Lipinski definition) is 4. The van der Waals surface area contributed by atoms with Gasteiger partial charge in [-0.1, -0.05) is 6.07 Å². The summed E-state index contributed by atoms with van der Waals surface area (Å²) >= 11 is 0. The number of nitrogens with one attached hydrogen (secondary N) is 1. The summed E-state index contributed by atoms with van der Waals surface area (Å²) in [4.78, 5) is 16.1. The molecule has 1 unspecified atom stereocenters. The monoisotopic (exact) mass is 260 g/mol. The summed E-state index contributed by atoms with van der Waals surface area (Å²) in [6.07, 6.45) is 1.01. The van der Waals surface area contributed by atoms with E-state index in [9.17, 15) is 9.90 Å². The maximum absolute atomic E-state index is 11.9. The zero-order valence-electron chi connectivity index (χ0n) is 10.7. The Kier molecular flexibility index (Phi) is 4.43. The summed E-state index contributed by atoms with van der Waals surface area (Å²) in [5.41, 5.74) is 1.39. The molecule has 1 aromatic heterocycles. The van der Waals surface area contributed by atoms with Crippen molar-refractivity contribution in [3.63, 3.8) is 0 Å². The molecule has 2 aromatic rings. The Bertz CT molecular complexity index is 571. The molecule has 0 radical (unpaired) electrons. The molecule has 0 bridgehead atoms. The molecule has 2 rings (SSSR count). The number of carbonyl (C=O) groups is 1. The summed E-state index contributed by atoms with van der Waals surface area (Å²) in [5, 5.41) is 13.0. The van der Waals surface area contributed by atoms with Crippen LogP contribution in [0.5, 0.6) is 0 Å². The Morgan fingerprint density at radius 2 is 2.32 bits per heavy atom. The van der Waals surface area contributed by atoms with Gasteiger partial charge >= 0.3 is 0 Å². The molecule has 1 aromatic carbocycles. The molecule has 19 heavy (non-hydrogen) atoms. The predicted molar refractivity (Wildman–Crippen MR) is 72.0 cm³/mol. The first kappa shape index (κ1) is 13.5. The average Bonchev–Trinajstić information content (AvgIpc) is 2.44. The van der Waals surface area contributed by atoms with Crippen molar-refractivity contribution in [2.75, 3.05) is 20.3 Å². The number of rotatable bonds is 5. The average molecular weight is 260 g/mol. The number of methoxy groups -OCH3 is 1. The van der Waals surface area contributed by atoms with Crippen molar-refractivity contribution in [2.24, 2.45) is 0 Å². The minimum Gasteiger partial charge on any atom is -0.389 e. The van der Waals surface area contributed by atoms with Crippen molar-refractivity contribution in [1.82, 2.24) is 10.3 Å². The zero-order valence-corrected chi connectivity index (χ0v) is 10.7. The van der Waals surface area contributed by atoms with Gasteiger partial charge in [0, 0.05) is 30.8 Å². The first-order valence-corrected chi connectivity index (χ1v) is 6.00. The third-order valence-corrected chi connectivity index (χ3v) is 2.72. The Labute approximate surface area is 111 Å². The first-order chi connectivity index (χ1) is 9.20. The number of aromatic nitrogens is 1. The molecule has 0 aliphatic heterocycles. The molecular formula is C14H16N2O3. The van der Waals surface area contributed by atoms with Gasteiger partial charge in [-0.15, -0.1) is 0 Å². The van der Waals surface area contributed by atoms with Crippen LogP contribution in [0.3, 0.4) is 0 Å². The van der Waals surface area contributed by atoms with E-state index in [2.05, 4.69) is 10.3 Å². The maximum Gasteiger partial charge on any atom is 0.251 e. The van der Waals surface area contributed by atoms with Gasteiger partial charge < -0.3 is 15.2 Å². The van der Waals surface area contributed by atoms with E-state index in [4.69, 9.17) is 4.74 Å². The zero-order chi connectivity index (χ0) is 13.7. The number of hydrogen-bond donors (Lipinski definition) is 2. The molecule has 1 amide bonds. The predicted octanol–water partition coefficient (Wildman–Crippen LogP) is 0.972. The number of pyridine rings is 1. The first-order valence-electron chi connectivity index (χ1n) is 6.00. The van der Waals surface area contributed by atoms with Gasteiger partial charge in [0.15, 0.2) is 0 Å². The summed E-state index contributed by atoms with van der Waals surface area (Å²) in [6.45, 7) is 0.361. The largest absolute Gasteiger partial charge is 0.389 e. The highest BCUT2D eigenvalue weighted by molar-refractivity contribution is 5.97. The molecule has 0 spiro atoms. The van der Waals surface area contributed by atoms with E-state index >= 15 is 0 Å². The molecule has 0 fully saturated rings. The number of aliphatic hydroxyl groups excluding tert-OH is 1. The smallest absolute Gasteiger partial charge is 0.251 e. The fourth-order valence-corrected chi connectivity index (χ4v) is 1.78. The Hall–Kier alpha value is -1.98. The van der Waals surface area contributed by atoms with E-state index < -0.39 is 6.10 Å². The van der Waals surface area contributed by atoms with Crippen molar-refractivity contribution < 1.29 is 14.6 Å². The number of nitrogens with zero attached hydrogens (tertiary/aromatic N) is 1. The van der Waals surface area contributed by atoms with Gasteiger partial charge in [0.2, 0.25) is 0 Å². The Morgan fingerprint density at radius 1 is 1.47 bits per heavy atom. The highest BCUT2D eigenvalue weighted by Crippen LogP contribution is 2.13. The van der Waals surface area contributed by atoms with Gasteiger partial charge in [0.25, 0.3) is 5.91 Å². The van der Waals surface area contributed by atoms with Gasteiger partial charge in [0.05, 0.1) is 18.2 Å². The third kappa shape index (κ3) is 3.49. The maximum atomic E-state index is 11.9. The van der Waals surface area contributed by atoms with Crippen molar-refractivity contribution in [2.45, 2.75) is 6.10 Å². The molecule has 0 aliphatic rings. The summed E-state index contributed by atoms with van der Waals surface area (Å²) < 4.78 is 4.79. The van der Waals surface area contributed by atoms with E-state index in [0.29, 0.717) is 5.56 Å². The summed E-state index contributed by atoms with van der Waals surface area (Å²) in [6, 6.07) is 9.02. The normalized spacial score (nSPS) is 12.3. The molecule has 0 saturated carbocycles. The van der Waals surface area contributed by atoms with Gasteiger partial charge in [-0.05, 0) is 24.3 Å².